The molecular weight excluding hydrogens is 306 g/mol. The Labute approximate surface area is 140 Å². The fourth-order valence-electron chi connectivity index (χ4n) is 3.30. The molecule has 0 aliphatic carbocycles. The standard InChI is InChI=1S/C18H21N3O3/c1-2-5-13-10-15(20-19-13)18(24)21-9-8-12-6-3-4-7-14(12)16(21)11-17(22)23/h3-4,6-7,10,16H,2,5,8-9,11H2,1H3,(H,19,20)(H,22,23)/t16-/m1/s1. The van der Waals surface area contributed by atoms with Gasteiger partial charge in [0.2, 0.25) is 0 Å². The van der Waals surface area contributed by atoms with E-state index in [9.17, 15) is 14.7 Å². The molecule has 0 fully saturated rings. The number of hydrogen-bond acceptors (Lipinski definition) is 3. The molecule has 1 aromatic heterocycles. The lowest BCUT2D eigenvalue weighted by atomic mass is 9.90. The first-order chi connectivity index (χ1) is 11.6. The monoisotopic (exact) mass is 327 g/mol. The summed E-state index contributed by atoms with van der Waals surface area (Å²) < 4.78 is 0. The molecule has 0 saturated carbocycles. The average molecular weight is 327 g/mol. The molecule has 3 rings (SSSR count). The molecule has 2 N–H and O–H groups in total. The van der Waals surface area contributed by atoms with Crippen LogP contribution in [0.15, 0.2) is 30.3 Å². The van der Waals surface area contributed by atoms with Crippen LogP contribution < -0.4 is 0 Å². The first-order valence-corrected chi connectivity index (χ1v) is 8.25. The third-order valence-electron chi connectivity index (χ3n) is 4.41. The number of carboxylic acid groups (broad SMARTS) is 1. The molecule has 24 heavy (non-hydrogen) atoms. The van der Waals surface area contributed by atoms with Crippen LogP contribution in [0.1, 0.15) is 53.1 Å². The van der Waals surface area contributed by atoms with Crippen molar-refractivity contribution in [1.29, 1.82) is 0 Å². The van der Waals surface area contributed by atoms with E-state index in [4.69, 9.17) is 0 Å². The number of aromatic nitrogens is 2. The van der Waals surface area contributed by atoms with Gasteiger partial charge in [0.05, 0.1) is 12.5 Å². The molecule has 2 aromatic rings. The van der Waals surface area contributed by atoms with Gasteiger partial charge in [-0.25, -0.2) is 0 Å². The molecular formula is C18H21N3O3. The number of benzene rings is 1. The van der Waals surface area contributed by atoms with Gasteiger partial charge in [0.1, 0.15) is 5.69 Å². The third-order valence-corrected chi connectivity index (χ3v) is 4.41. The maximum atomic E-state index is 12.9. The molecule has 1 aliphatic rings. The van der Waals surface area contributed by atoms with Gasteiger partial charge in [-0.2, -0.15) is 5.10 Å². The zero-order valence-corrected chi connectivity index (χ0v) is 13.7. The number of carbonyl (C=O) groups is 2. The van der Waals surface area contributed by atoms with Gasteiger partial charge in [-0.15, -0.1) is 0 Å². The number of carboxylic acids is 1. The summed E-state index contributed by atoms with van der Waals surface area (Å²) in [6.07, 6.45) is 2.43. The Bertz CT molecular complexity index is 753. The summed E-state index contributed by atoms with van der Waals surface area (Å²) in [6, 6.07) is 9.06. The van der Waals surface area contributed by atoms with Crippen LogP contribution in [0.25, 0.3) is 0 Å². The van der Waals surface area contributed by atoms with Crippen molar-refractivity contribution >= 4 is 11.9 Å². The highest BCUT2D eigenvalue weighted by atomic mass is 16.4. The first kappa shape index (κ1) is 16.2. The number of amides is 1. The van der Waals surface area contributed by atoms with Crippen molar-refractivity contribution in [2.75, 3.05) is 6.54 Å². The lowest BCUT2D eigenvalue weighted by molar-refractivity contribution is -0.138. The maximum absolute atomic E-state index is 12.9. The second-order valence-electron chi connectivity index (χ2n) is 6.09. The van der Waals surface area contributed by atoms with Crippen LogP contribution in [0, 0.1) is 0 Å². The Kier molecular flexibility index (Phi) is 4.64. The van der Waals surface area contributed by atoms with Crippen molar-refractivity contribution in [3.8, 4) is 0 Å². The van der Waals surface area contributed by atoms with Crippen molar-refractivity contribution in [1.82, 2.24) is 15.1 Å². The molecule has 0 radical (unpaired) electrons. The minimum Gasteiger partial charge on any atom is -0.481 e. The van der Waals surface area contributed by atoms with Gasteiger partial charge in [-0.05, 0) is 30.0 Å². The second-order valence-corrected chi connectivity index (χ2v) is 6.09. The number of carbonyl (C=O) groups excluding carboxylic acids is 1. The lowest BCUT2D eigenvalue weighted by Gasteiger charge is -2.36. The fourth-order valence-corrected chi connectivity index (χ4v) is 3.30. The lowest BCUT2D eigenvalue weighted by Crippen LogP contribution is -2.41. The summed E-state index contributed by atoms with van der Waals surface area (Å²) in [4.78, 5) is 25.8. The van der Waals surface area contributed by atoms with Gasteiger partial charge >= 0.3 is 5.97 Å². The number of aliphatic carboxylic acids is 1. The largest absolute Gasteiger partial charge is 0.481 e. The van der Waals surface area contributed by atoms with Crippen LogP contribution in [-0.4, -0.2) is 38.6 Å². The molecule has 0 spiro atoms. The molecule has 6 heteroatoms. The predicted octanol–water partition coefficient (Wildman–Crippen LogP) is 2.58. The van der Waals surface area contributed by atoms with Crippen molar-refractivity contribution in [2.45, 2.75) is 38.6 Å². The summed E-state index contributed by atoms with van der Waals surface area (Å²) >= 11 is 0. The molecule has 6 nitrogen and oxygen atoms in total. The molecule has 1 aromatic carbocycles. The summed E-state index contributed by atoms with van der Waals surface area (Å²) in [6.45, 7) is 2.57. The number of rotatable bonds is 5. The van der Waals surface area contributed by atoms with Crippen LogP contribution in [-0.2, 0) is 17.6 Å². The van der Waals surface area contributed by atoms with Crippen molar-refractivity contribution in [2.24, 2.45) is 0 Å². The predicted molar refractivity (Wildman–Crippen MR) is 88.8 cm³/mol. The van der Waals surface area contributed by atoms with Crippen molar-refractivity contribution < 1.29 is 14.7 Å². The summed E-state index contributed by atoms with van der Waals surface area (Å²) in [5.41, 5.74) is 3.31. The van der Waals surface area contributed by atoms with E-state index < -0.39 is 12.0 Å². The minimum absolute atomic E-state index is 0.102. The van der Waals surface area contributed by atoms with Gasteiger partial charge in [0.15, 0.2) is 0 Å². The van der Waals surface area contributed by atoms with Crippen LogP contribution in [0.5, 0.6) is 0 Å². The van der Waals surface area contributed by atoms with Crippen molar-refractivity contribution in [3.63, 3.8) is 0 Å². The Hall–Kier alpha value is -2.63. The van der Waals surface area contributed by atoms with Gasteiger partial charge in [0, 0.05) is 12.2 Å². The number of aryl methyl sites for hydroxylation is 1. The minimum atomic E-state index is -0.914. The van der Waals surface area contributed by atoms with E-state index in [1.54, 1.807) is 11.0 Å². The van der Waals surface area contributed by atoms with E-state index in [-0.39, 0.29) is 12.3 Å². The van der Waals surface area contributed by atoms with Crippen LogP contribution >= 0.6 is 0 Å². The Morgan fingerprint density at radius 3 is 2.92 bits per heavy atom. The zero-order chi connectivity index (χ0) is 17.1. The maximum Gasteiger partial charge on any atom is 0.305 e. The summed E-state index contributed by atoms with van der Waals surface area (Å²) in [5.74, 6) is -1.13. The van der Waals surface area contributed by atoms with E-state index in [2.05, 4.69) is 17.1 Å². The van der Waals surface area contributed by atoms with E-state index in [1.165, 1.54) is 0 Å². The van der Waals surface area contributed by atoms with E-state index in [0.29, 0.717) is 12.2 Å². The third kappa shape index (κ3) is 3.18. The van der Waals surface area contributed by atoms with Gasteiger partial charge in [0.25, 0.3) is 5.91 Å². The normalized spacial score (nSPS) is 16.7. The number of aromatic amines is 1. The molecule has 1 atom stereocenters. The first-order valence-electron chi connectivity index (χ1n) is 8.25. The van der Waals surface area contributed by atoms with Crippen LogP contribution in [0.3, 0.4) is 0 Å². The van der Waals surface area contributed by atoms with Crippen LogP contribution in [0.2, 0.25) is 0 Å². The smallest absolute Gasteiger partial charge is 0.305 e. The molecule has 1 aliphatic heterocycles. The number of fused-ring (bicyclic) bond motifs is 1. The molecule has 2 heterocycles. The van der Waals surface area contributed by atoms with Crippen LogP contribution in [0.4, 0.5) is 0 Å². The number of H-pyrrole nitrogens is 1. The molecule has 0 bridgehead atoms. The number of hydrogen-bond donors (Lipinski definition) is 2. The SMILES string of the molecule is CCCc1cc(C(=O)N2CCc3ccccc3[C@H]2CC(=O)O)n[nH]1. The highest BCUT2D eigenvalue weighted by Gasteiger charge is 2.33. The van der Waals surface area contributed by atoms with Gasteiger partial charge in [-0.1, -0.05) is 37.6 Å². The molecule has 1 amide bonds. The Balaban J connectivity index is 1.90. The van der Waals surface area contributed by atoms with E-state index >= 15 is 0 Å². The highest BCUT2D eigenvalue weighted by Crippen LogP contribution is 2.33. The van der Waals surface area contributed by atoms with Gasteiger partial charge in [-0.3, -0.25) is 14.7 Å². The average Bonchev–Trinajstić information content (AvgIpc) is 3.03. The zero-order valence-electron chi connectivity index (χ0n) is 13.7. The Morgan fingerprint density at radius 2 is 2.17 bits per heavy atom. The second kappa shape index (κ2) is 6.86. The van der Waals surface area contributed by atoms with Crippen molar-refractivity contribution in [3.05, 3.63) is 52.8 Å². The summed E-state index contributed by atoms with van der Waals surface area (Å²) in [7, 11) is 0. The molecule has 126 valence electrons. The number of nitrogens with one attached hydrogen (secondary N) is 1. The van der Waals surface area contributed by atoms with E-state index in [0.717, 1.165) is 36.1 Å². The summed E-state index contributed by atoms with van der Waals surface area (Å²) in [5, 5.41) is 16.3. The van der Waals surface area contributed by atoms with E-state index in [1.807, 2.05) is 24.3 Å². The highest BCUT2D eigenvalue weighted by molar-refractivity contribution is 5.93. The van der Waals surface area contributed by atoms with Gasteiger partial charge < -0.3 is 10.0 Å². The topological polar surface area (TPSA) is 86.3 Å². The number of nitrogens with zero attached hydrogens (tertiary/aromatic N) is 2. The quantitative estimate of drug-likeness (QED) is 0.884. The molecule has 0 saturated heterocycles. The fraction of sp³-hybridized carbons (Fsp3) is 0.389. The molecule has 0 unspecified atom stereocenters. The Morgan fingerprint density at radius 1 is 1.38 bits per heavy atom.